The van der Waals surface area contributed by atoms with Gasteiger partial charge in [0.15, 0.2) is 5.82 Å². The van der Waals surface area contributed by atoms with Gasteiger partial charge in [0.25, 0.3) is 0 Å². The van der Waals surface area contributed by atoms with Gasteiger partial charge < -0.3 is 10.6 Å². The van der Waals surface area contributed by atoms with E-state index in [1.807, 2.05) is 13.2 Å². The third-order valence-electron chi connectivity index (χ3n) is 1.72. The highest BCUT2D eigenvalue weighted by atomic mass is 32.2. The third kappa shape index (κ3) is 1.10. The number of rotatable bonds is 1. The zero-order valence-corrected chi connectivity index (χ0v) is 7.77. The summed E-state index contributed by atoms with van der Waals surface area (Å²) in [6.07, 6.45) is 3.84. The Morgan fingerprint density at radius 3 is 3.00 bits per heavy atom. The summed E-state index contributed by atoms with van der Waals surface area (Å²) >= 11 is 1.62. The molecule has 0 fully saturated rings. The van der Waals surface area contributed by atoms with Crippen molar-refractivity contribution in [1.82, 2.24) is 9.97 Å². The van der Waals surface area contributed by atoms with Gasteiger partial charge in [-0.1, -0.05) is 0 Å². The van der Waals surface area contributed by atoms with E-state index in [1.165, 1.54) is 0 Å². The van der Waals surface area contributed by atoms with E-state index in [4.69, 9.17) is 0 Å². The molecule has 1 aromatic heterocycles. The Bertz CT molecular complexity index is 301. The van der Waals surface area contributed by atoms with Crippen LogP contribution in [0, 0.1) is 0 Å². The number of hydrogen-bond donors (Lipinski definition) is 2. The maximum absolute atomic E-state index is 4.15. The zero-order chi connectivity index (χ0) is 8.55. The van der Waals surface area contributed by atoms with Gasteiger partial charge in [0.05, 0.1) is 6.17 Å². The molecule has 4 nitrogen and oxygen atoms in total. The van der Waals surface area contributed by atoms with Crippen LogP contribution in [0.4, 0.5) is 11.5 Å². The van der Waals surface area contributed by atoms with Crippen molar-refractivity contribution < 1.29 is 0 Å². The van der Waals surface area contributed by atoms with Crippen LogP contribution in [0.5, 0.6) is 0 Å². The van der Waals surface area contributed by atoms with E-state index in [0.717, 1.165) is 16.5 Å². The topological polar surface area (TPSA) is 49.8 Å². The summed E-state index contributed by atoms with van der Waals surface area (Å²) in [6, 6.07) is 0. The van der Waals surface area contributed by atoms with Crippen LogP contribution >= 0.6 is 11.8 Å². The van der Waals surface area contributed by atoms with Crippen LogP contribution in [0.25, 0.3) is 0 Å². The number of anilines is 2. The standard InChI is InChI=1S/C7H10N4S/c1-4-10-5-6(11-4)8-3-9-7(5)12-2/h3-4,10H,1-2H3,(H,8,9,11). The molecule has 2 N–H and O–H groups in total. The van der Waals surface area contributed by atoms with Gasteiger partial charge in [-0.25, -0.2) is 9.97 Å². The highest BCUT2D eigenvalue weighted by Crippen LogP contribution is 2.33. The fourth-order valence-electron chi connectivity index (χ4n) is 1.22. The normalized spacial score (nSPS) is 19.7. The molecular weight excluding hydrogens is 172 g/mol. The second-order valence-corrected chi connectivity index (χ2v) is 3.41. The second kappa shape index (κ2) is 2.82. The van der Waals surface area contributed by atoms with Crippen LogP contribution in [0.2, 0.25) is 0 Å². The Hall–Kier alpha value is -0.970. The number of hydrogen-bond acceptors (Lipinski definition) is 5. The van der Waals surface area contributed by atoms with Crippen LogP contribution < -0.4 is 10.6 Å². The molecule has 2 rings (SSSR count). The molecule has 12 heavy (non-hydrogen) atoms. The minimum atomic E-state index is 0.252. The number of aromatic nitrogens is 2. The molecule has 0 saturated carbocycles. The van der Waals surface area contributed by atoms with E-state index in [9.17, 15) is 0 Å². The Morgan fingerprint density at radius 1 is 1.42 bits per heavy atom. The lowest BCUT2D eigenvalue weighted by molar-refractivity contribution is 0.948. The molecule has 2 heterocycles. The van der Waals surface area contributed by atoms with Crippen molar-refractivity contribution in [2.24, 2.45) is 0 Å². The van der Waals surface area contributed by atoms with Gasteiger partial charge in [0.1, 0.15) is 17.0 Å². The van der Waals surface area contributed by atoms with Crippen molar-refractivity contribution in [3.8, 4) is 0 Å². The molecule has 5 heteroatoms. The van der Waals surface area contributed by atoms with Gasteiger partial charge in [0, 0.05) is 0 Å². The van der Waals surface area contributed by atoms with Crippen molar-refractivity contribution in [2.75, 3.05) is 16.9 Å². The monoisotopic (exact) mass is 182 g/mol. The highest BCUT2D eigenvalue weighted by molar-refractivity contribution is 7.98. The lowest BCUT2D eigenvalue weighted by Crippen LogP contribution is -2.16. The van der Waals surface area contributed by atoms with Gasteiger partial charge in [-0.05, 0) is 13.2 Å². The number of thioether (sulfide) groups is 1. The van der Waals surface area contributed by atoms with E-state index in [1.54, 1.807) is 18.1 Å². The van der Waals surface area contributed by atoms with Crippen LogP contribution in [0.15, 0.2) is 11.4 Å². The Morgan fingerprint density at radius 2 is 2.25 bits per heavy atom. The molecule has 0 bridgehead atoms. The Balaban J connectivity index is 2.44. The van der Waals surface area contributed by atoms with Gasteiger partial charge in [0.2, 0.25) is 0 Å². The molecule has 1 atom stereocenters. The summed E-state index contributed by atoms with van der Waals surface area (Å²) < 4.78 is 0. The predicted octanol–water partition coefficient (Wildman–Crippen LogP) is 1.38. The molecule has 0 spiro atoms. The first-order valence-corrected chi connectivity index (χ1v) is 4.96. The summed E-state index contributed by atoms with van der Waals surface area (Å²) in [6.45, 7) is 2.05. The van der Waals surface area contributed by atoms with Crippen molar-refractivity contribution in [3.05, 3.63) is 6.33 Å². The highest BCUT2D eigenvalue weighted by Gasteiger charge is 2.19. The lowest BCUT2D eigenvalue weighted by Gasteiger charge is -2.03. The molecular formula is C7H10N4S. The third-order valence-corrected chi connectivity index (χ3v) is 2.42. The smallest absolute Gasteiger partial charge is 0.155 e. The van der Waals surface area contributed by atoms with Gasteiger partial charge >= 0.3 is 0 Å². The molecule has 0 amide bonds. The van der Waals surface area contributed by atoms with E-state index in [2.05, 4.69) is 20.6 Å². The van der Waals surface area contributed by atoms with Crippen LogP contribution in [-0.4, -0.2) is 22.4 Å². The average Bonchev–Trinajstić information content (AvgIpc) is 2.44. The fourth-order valence-corrected chi connectivity index (χ4v) is 1.73. The summed E-state index contributed by atoms with van der Waals surface area (Å²) in [5.74, 6) is 0.904. The largest absolute Gasteiger partial charge is 0.360 e. The molecule has 1 aliphatic heterocycles. The molecule has 1 aliphatic rings. The zero-order valence-electron chi connectivity index (χ0n) is 6.96. The van der Waals surface area contributed by atoms with Gasteiger partial charge in [-0.3, -0.25) is 0 Å². The first kappa shape index (κ1) is 7.67. The number of nitrogens with zero attached hydrogens (tertiary/aromatic N) is 2. The maximum Gasteiger partial charge on any atom is 0.155 e. The minimum Gasteiger partial charge on any atom is -0.360 e. The minimum absolute atomic E-state index is 0.252. The first-order chi connectivity index (χ1) is 5.81. The van der Waals surface area contributed by atoms with Crippen LogP contribution in [0.1, 0.15) is 6.92 Å². The second-order valence-electron chi connectivity index (χ2n) is 2.62. The average molecular weight is 182 g/mol. The summed E-state index contributed by atoms with van der Waals surface area (Å²) in [5, 5.41) is 7.45. The Labute approximate surface area is 75.2 Å². The lowest BCUT2D eigenvalue weighted by atomic mass is 10.5. The Kier molecular flexibility index (Phi) is 1.80. The van der Waals surface area contributed by atoms with E-state index < -0.39 is 0 Å². The summed E-state index contributed by atoms with van der Waals surface area (Å²) in [7, 11) is 0. The molecule has 0 radical (unpaired) electrons. The van der Waals surface area contributed by atoms with E-state index in [0.29, 0.717) is 0 Å². The number of nitrogens with one attached hydrogen (secondary N) is 2. The summed E-state index contributed by atoms with van der Waals surface area (Å²) in [5.41, 5.74) is 1.03. The van der Waals surface area contributed by atoms with Crippen molar-refractivity contribution in [3.63, 3.8) is 0 Å². The van der Waals surface area contributed by atoms with Gasteiger partial charge in [-0.15, -0.1) is 11.8 Å². The molecule has 0 saturated heterocycles. The van der Waals surface area contributed by atoms with E-state index >= 15 is 0 Å². The number of fused-ring (bicyclic) bond motifs is 1. The predicted molar refractivity (Wildman–Crippen MR) is 50.5 cm³/mol. The fraction of sp³-hybridized carbons (Fsp3) is 0.429. The first-order valence-electron chi connectivity index (χ1n) is 3.73. The van der Waals surface area contributed by atoms with Gasteiger partial charge in [-0.2, -0.15) is 0 Å². The SMILES string of the molecule is CSc1ncnc2c1NC(C)N2. The summed E-state index contributed by atoms with van der Waals surface area (Å²) in [4.78, 5) is 8.27. The van der Waals surface area contributed by atoms with Crippen molar-refractivity contribution in [1.29, 1.82) is 0 Å². The van der Waals surface area contributed by atoms with E-state index in [-0.39, 0.29) is 6.17 Å². The quantitative estimate of drug-likeness (QED) is 0.507. The maximum atomic E-state index is 4.15. The molecule has 0 aromatic carbocycles. The molecule has 0 aliphatic carbocycles. The molecule has 64 valence electrons. The van der Waals surface area contributed by atoms with Crippen LogP contribution in [-0.2, 0) is 0 Å². The van der Waals surface area contributed by atoms with Crippen LogP contribution in [0.3, 0.4) is 0 Å². The molecule has 1 unspecified atom stereocenters. The van der Waals surface area contributed by atoms with Crippen molar-refractivity contribution >= 4 is 23.3 Å². The van der Waals surface area contributed by atoms with Crippen molar-refractivity contribution in [2.45, 2.75) is 18.1 Å². The molecule has 1 aromatic rings.